The number of piperazine rings is 1. The van der Waals surface area contributed by atoms with Crippen molar-refractivity contribution in [3.8, 4) is 0 Å². The molecule has 1 aromatic carbocycles. The third kappa shape index (κ3) is 7.41. The van der Waals surface area contributed by atoms with Crippen LogP contribution >= 0.6 is 24.8 Å². The van der Waals surface area contributed by atoms with Crippen molar-refractivity contribution in [1.82, 2.24) is 14.7 Å². The van der Waals surface area contributed by atoms with Crippen LogP contribution in [0.2, 0.25) is 0 Å². The number of hydrogen-bond acceptors (Lipinski definition) is 4. The fourth-order valence-electron chi connectivity index (χ4n) is 4.24. The van der Waals surface area contributed by atoms with Crippen molar-refractivity contribution in [1.29, 1.82) is 0 Å². The molecule has 1 unspecified atom stereocenters. The first kappa shape index (κ1) is 26.7. The van der Waals surface area contributed by atoms with Crippen LogP contribution in [-0.4, -0.2) is 78.4 Å². The molecule has 2 heterocycles. The monoisotopic (exact) mass is 458 g/mol. The number of amides is 2. The van der Waals surface area contributed by atoms with E-state index < -0.39 is 6.04 Å². The molecule has 1 aromatic rings. The summed E-state index contributed by atoms with van der Waals surface area (Å²) in [7, 11) is 0. The van der Waals surface area contributed by atoms with Crippen LogP contribution in [0.15, 0.2) is 30.3 Å². The third-order valence-electron chi connectivity index (χ3n) is 6.18. The average Bonchev–Trinajstić information content (AvgIpc) is 2.74. The molecule has 0 aromatic heterocycles. The van der Waals surface area contributed by atoms with Crippen molar-refractivity contribution in [3.05, 3.63) is 35.9 Å². The Morgan fingerprint density at radius 2 is 1.57 bits per heavy atom. The van der Waals surface area contributed by atoms with E-state index in [2.05, 4.69) is 11.8 Å². The molecule has 3 rings (SSSR count). The fourth-order valence-corrected chi connectivity index (χ4v) is 4.24. The minimum Gasteiger partial charge on any atom is -0.341 e. The quantitative estimate of drug-likeness (QED) is 0.708. The zero-order chi connectivity index (χ0) is 19.9. The molecule has 2 saturated heterocycles. The van der Waals surface area contributed by atoms with E-state index in [9.17, 15) is 9.59 Å². The number of carbonyl (C=O) groups is 2. The van der Waals surface area contributed by atoms with Crippen molar-refractivity contribution < 1.29 is 9.59 Å². The molecule has 0 aliphatic carbocycles. The summed E-state index contributed by atoms with van der Waals surface area (Å²) in [6.45, 7) is 8.30. The highest BCUT2D eigenvalue weighted by atomic mass is 35.5. The van der Waals surface area contributed by atoms with Crippen molar-refractivity contribution in [2.75, 3.05) is 45.8 Å². The van der Waals surface area contributed by atoms with E-state index >= 15 is 0 Å². The summed E-state index contributed by atoms with van der Waals surface area (Å²) >= 11 is 0. The number of nitrogens with two attached hydrogens (primary N) is 1. The predicted octanol–water partition coefficient (Wildman–Crippen LogP) is 2.19. The second kappa shape index (κ2) is 13.2. The molecule has 2 aliphatic heterocycles. The first-order chi connectivity index (χ1) is 13.6. The van der Waals surface area contributed by atoms with Gasteiger partial charge in [0, 0.05) is 45.7 Å². The predicted molar refractivity (Wildman–Crippen MR) is 125 cm³/mol. The van der Waals surface area contributed by atoms with Gasteiger partial charge >= 0.3 is 0 Å². The molecule has 8 heteroatoms. The minimum absolute atomic E-state index is 0. The Labute approximate surface area is 193 Å². The van der Waals surface area contributed by atoms with Gasteiger partial charge in [-0.15, -0.1) is 24.8 Å². The van der Waals surface area contributed by atoms with Crippen LogP contribution in [0, 0.1) is 5.92 Å². The lowest BCUT2D eigenvalue weighted by molar-refractivity contribution is -0.135. The zero-order valence-corrected chi connectivity index (χ0v) is 19.5. The van der Waals surface area contributed by atoms with Crippen molar-refractivity contribution >= 4 is 36.6 Å². The van der Waals surface area contributed by atoms with Crippen LogP contribution in [0.1, 0.15) is 31.7 Å². The summed E-state index contributed by atoms with van der Waals surface area (Å²) in [5, 5.41) is 0. The summed E-state index contributed by atoms with van der Waals surface area (Å²) in [4.78, 5) is 31.5. The van der Waals surface area contributed by atoms with Gasteiger partial charge in [-0.3, -0.25) is 9.59 Å². The van der Waals surface area contributed by atoms with Crippen LogP contribution in [0.3, 0.4) is 0 Å². The largest absolute Gasteiger partial charge is 0.341 e. The van der Waals surface area contributed by atoms with E-state index in [0.717, 1.165) is 51.1 Å². The molecular formula is C22H36Cl2N4O2. The van der Waals surface area contributed by atoms with Crippen LogP contribution < -0.4 is 5.73 Å². The highest BCUT2D eigenvalue weighted by molar-refractivity contribution is 5.85. The van der Waals surface area contributed by atoms with Gasteiger partial charge in [0.1, 0.15) is 0 Å². The van der Waals surface area contributed by atoms with Gasteiger partial charge in [-0.25, -0.2) is 0 Å². The first-order valence-corrected chi connectivity index (χ1v) is 10.6. The smallest absolute Gasteiger partial charge is 0.239 e. The zero-order valence-electron chi connectivity index (χ0n) is 17.9. The van der Waals surface area contributed by atoms with E-state index in [1.807, 2.05) is 40.1 Å². The molecule has 6 nitrogen and oxygen atoms in total. The van der Waals surface area contributed by atoms with Gasteiger partial charge in [0.25, 0.3) is 0 Å². The molecule has 2 aliphatic rings. The number of piperidine rings is 1. The van der Waals surface area contributed by atoms with Crippen LogP contribution in [0.25, 0.3) is 0 Å². The number of benzene rings is 1. The highest BCUT2D eigenvalue weighted by Gasteiger charge is 2.29. The maximum absolute atomic E-state index is 12.7. The molecular weight excluding hydrogens is 423 g/mol. The summed E-state index contributed by atoms with van der Waals surface area (Å²) in [6, 6.07) is 9.42. The molecule has 30 heavy (non-hydrogen) atoms. The van der Waals surface area contributed by atoms with Crippen molar-refractivity contribution in [3.63, 3.8) is 0 Å². The van der Waals surface area contributed by atoms with Crippen molar-refractivity contribution in [2.24, 2.45) is 11.7 Å². The Morgan fingerprint density at radius 3 is 2.13 bits per heavy atom. The third-order valence-corrected chi connectivity index (χ3v) is 6.18. The summed E-state index contributed by atoms with van der Waals surface area (Å²) in [5.74, 6) is 0.691. The lowest BCUT2D eigenvalue weighted by Gasteiger charge is -2.36. The summed E-state index contributed by atoms with van der Waals surface area (Å²) < 4.78 is 0. The van der Waals surface area contributed by atoms with Crippen LogP contribution in [0.5, 0.6) is 0 Å². The molecule has 0 saturated carbocycles. The average molecular weight is 459 g/mol. The van der Waals surface area contributed by atoms with E-state index in [1.165, 1.54) is 0 Å². The molecule has 2 amide bonds. The van der Waals surface area contributed by atoms with Crippen LogP contribution in [0.4, 0.5) is 0 Å². The SMILES string of the molecule is CCN1CCN(C(=O)CC2CCN(C(=O)C(N)Cc3ccccc3)CC2)CC1.Cl.Cl. The van der Waals surface area contributed by atoms with Gasteiger partial charge in [0.2, 0.25) is 11.8 Å². The maximum Gasteiger partial charge on any atom is 0.239 e. The highest BCUT2D eigenvalue weighted by Crippen LogP contribution is 2.22. The molecule has 0 radical (unpaired) electrons. The normalized spacial score (nSPS) is 18.9. The Morgan fingerprint density at radius 1 is 0.967 bits per heavy atom. The molecule has 2 N–H and O–H groups in total. The Kier molecular flexibility index (Phi) is 11.7. The maximum atomic E-state index is 12.7. The number of likely N-dealkylation sites (N-methyl/N-ethyl adjacent to an activating group) is 1. The second-order valence-electron chi connectivity index (χ2n) is 8.08. The Bertz CT molecular complexity index is 646. The number of halogens is 2. The fraction of sp³-hybridized carbons (Fsp3) is 0.636. The van der Waals surface area contributed by atoms with Gasteiger partial charge in [-0.1, -0.05) is 37.3 Å². The number of hydrogen-bond donors (Lipinski definition) is 1. The number of rotatable bonds is 6. The molecule has 1 atom stereocenters. The Balaban J connectivity index is 0.00000225. The van der Waals surface area contributed by atoms with E-state index in [1.54, 1.807) is 0 Å². The van der Waals surface area contributed by atoms with E-state index in [-0.39, 0.29) is 36.6 Å². The topological polar surface area (TPSA) is 69.9 Å². The lowest BCUT2D eigenvalue weighted by Crippen LogP contribution is -2.50. The minimum atomic E-state index is -0.490. The van der Waals surface area contributed by atoms with Crippen LogP contribution in [-0.2, 0) is 16.0 Å². The van der Waals surface area contributed by atoms with Gasteiger partial charge < -0.3 is 20.4 Å². The molecule has 2 fully saturated rings. The lowest BCUT2D eigenvalue weighted by atomic mass is 9.92. The molecule has 170 valence electrons. The van der Waals surface area contributed by atoms with Gasteiger partial charge in [-0.2, -0.15) is 0 Å². The van der Waals surface area contributed by atoms with Gasteiger partial charge in [0.05, 0.1) is 6.04 Å². The van der Waals surface area contributed by atoms with E-state index in [4.69, 9.17) is 5.73 Å². The number of likely N-dealkylation sites (tertiary alicyclic amines) is 1. The number of nitrogens with zero attached hydrogens (tertiary/aromatic N) is 3. The first-order valence-electron chi connectivity index (χ1n) is 10.6. The standard InChI is InChI=1S/C22H34N4O2.2ClH/c1-2-24-12-14-25(15-13-24)21(27)17-19-8-10-26(11-9-19)22(28)20(23)16-18-6-4-3-5-7-18;;/h3-7,19-20H,2,8-17,23H2,1H3;2*1H. The van der Waals surface area contributed by atoms with Crippen molar-refractivity contribution in [2.45, 2.75) is 38.6 Å². The summed E-state index contributed by atoms with van der Waals surface area (Å²) in [6.07, 6.45) is 2.97. The second-order valence-corrected chi connectivity index (χ2v) is 8.08. The molecule has 0 spiro atoms. The number of carbonyl (C=O) groups excluding carboxylic acids is 2. The molecule has 0 bridgehead atoms. The van der Waals surface area contributed by atoms with Gasteiger partial charge in [-0.05, 0) is 37.3 Å². The van der Waals surface area contributed by atoms with Gasteiger partial charge in [0.15, 0.2) is 0 Å². The van der Waals surface area contributed by atoms with E-state index in [0.29, 0.717) is 31.8 Å². The summed E-state index contributed by atoms with van der Waals surface area (Å²) in [5.41, 5.74) is 7.25. The Hall–Kier alpha value is -1.34.